The van der Waals surface area contributed by atoms with Crippen LogP contribution in [0.4, 0.5) is 5.69 Å². The van der Waals surface area contributed by atoms with Crippen LogP contribution >= 0.6 is 0 Å². The quantitative estimate of drug-likeness (QED) is 0.731. The largest absolute Gasteiger partial charge is 0.465 e. The highest BCUT2D eigenvalue weighted by Gasteiger charge is 2.26. The molecule has 4 rings (SSSR count). The molecule has 6 heteroatoms. The number of furan rings is 1. The molecule has 3 aromatic rings. The standard InChI is InChI=1S/C22H26N4O2/c1-16-12-21(28-17(16)2)15-25-10-4-6-18(14-25)22(27)24-19-7-3-8-20(13-19)26-11-5-9-23-26/h3,5,7-9,11-13,18H,4,6,10,14-15H2,1-2H3,(H,24,27). The molecule has 0 bridgehead atoms. The van der Waals surface area contributed by atoms with E-state index in [0.29, 0.717) is 0 Å². The summed E-state index contributed by atoms with van der Waals surface area (Å²) in [6, 6.07) is 11.7. The van der Waals surface area contributed by atoms with Gasteiger partial charge in [0.05, 0.1) is 18.2 Å². The van der Waals surface area contributed by atoms with Crippen LogP contribution in [0.15, 0.2) is 53.2 Å². The van der Waals surface area contributed by atoms with E-state index < -0.39 is 0 Å². The molecule has 1 amide bonds. The van der Waals surface area contributed by atoms with Crippen molar-refractivity contribution in [2.45, 2.75) is 33.2 Å². The molecular formula is C22H26N4O2. The van der Waals surface area contributed by atoms with E-state index in [0.717, 1.165) is 55.4 Å². The lowest BCUT2D eigenvalue weighted by Gasteiger charge is -2.31. The van der Waals surface area contributed by atoms with Crippen LogP contribution in [0.3, 0.4) is 0 Å². The minimum Gasteiger partial charge on any atom is -0.465 e. The normalized spacial score (nSPS) is 17.6. The molecule has 1 fully saturated rings. The first-order valence-electron chi connectivity index (χ1n) is 9.78. The maximum absolute atomic E-state index is 12.8. The van der Waals surface area contributed by atoms with E-state index in [4.69, 9.17) is 4.42 Å². The molecule has 6 nitrogen and oxygen atoms in total. The van der Waals surface area contributed by atoms with Crippen molar-refractivity contribution in [1.29, 1.82) is 0 Å². The van der Waals surface area contributed by atoms with Crippen molar-refractivity contribution in [3.8, 4) is 5.69 Å². The average Bonchev–Trinajstić information content (AvgIpc) is 3.33. The molecule has 0 aliphatic carbocycles. The van der Waals surface area contributed by atoms with Gasteiger partial charge in [0.25, 0.3) is 0 Å². The summed E-state index contributed by atoms with van der Waals surface area (Å²) in [5, 5.41) is 7.32. The van der Waals surface area contributed by atoms with Gasteiger partial charge in [0.15, 0.2) is 0 Å². The minimum absolute atomic E-state index is 0.0146. The lowest BCUT2D eigenvalue weighted by Crippen LogP contribution is -2.40. The summed E-state index contributed by atoms with van der Waals surface area (Å²) in [6.07, 6.45) is 5.56. The lowest BCUT2D eigenvalue weighted by molar-refractivity contribution is -0.121. The third kappa shape index (κ3) is 4.17. The van der Waals surface area contributed by atoms with E-state index in [1.807, 2.05) is 43.5 Å². The number of anilines is 1. The number of benzene rings is 1. The molecule has 0 saturated carbocycles. The number of aromatic nitrogens is 2. The van der Waals surface area contributed by atoms with Gasteiger partial charge in [-0.15, -0.1) is 0 Å². The first-order valence-corrected chi connectivity index (χ1v) is 9.78. The van der Waals surface area contributed by atoms with E-state index in [-0.39, 0.29) is 11.8 Å². The van der Waals surface area contributed by atoms with Gasteiger partial charge in [-0.1, -0.05) is 6.07 Å². The van der Waals surface area contributed by atoms with Crippen LogP contribution in [0.5, 0.6) is 0 Å². The Morgan fingerprint density at radius 1 is 1.29 bits per heavy atom. The number of aryl methyl sites for hydroxylation is 2. The van der Waals surface area contributed by atoms with E-state index >= 15 is 0 Å². The Morgan fingerprint density at radius 2 is 2.18 bits per heavy atom. The molecule has 2 aromatic heterocycles. The average molecular weight is 378 g/mol. The number of carbonyl (C=O) groups is 1. The van der Waals surface area contributed by atoms with Crippen molar-refractivity contribution in [1.82, 2.24) is 14.7 Å². The monoisotopic (exact) mass is 378 g/mol. The molecule has 1 aromatic carbocycles. The molecule has 3 heterocycles. The van der Waals surface area contributed by atoms with Gasteiger partial charge in [-0.05, 0) is 69.1 Å². The van der Waals surface area contributed by atoms with E-state index in [1.165, 1.54) is 5.56 Å². The van der Waals surface area contributed by atoms with Gasteiger partial charge >= 0.3 is 0 Å². The molecule has 1 aliphatic rings. The van der Waals surface area contributed by atoms with Crippen LogP contribution < -0.4 is 5.32 Å². The summed E-state index contributed by atoms with van der Waals surface area (Å²) in [5.41, 5.74) is 2.91. The van der Waals surface area contributed by atoms with Gasteiger partial charge < -0.3 is 9.73 Å². The Morgan fingerprint density at radius 3 is 2.93 bits per heavy atom. The number of hydrogen-bond donors (Lipinski definition) is 1. The third-order valence-electron chi connectivity index (χ3n) is 5.36. The molecule has 1 saturated heterocycles. The summed E-state index contributed by atoms with van der Waals surface area (Å²) in [4.78, 5) is 15.1. The molecule has 1 unspecified atom stereocenters. The van der Waals surface area contributed by atoms with Crippen molar-refractivity contribution in [2.75, 3.05) is 18.4 Å². The topological polar surface area (TPSA) is 63.3 Å². The maximum atomic E-state index is 12.8. The first kappa shape index (κ1) is 18.5. The fourth-order valence-corrected chi connectivity index (χ4v) is 3.75. The zero-order valence-electron chi connectivity index (χ0n) is 16.4. The highest BCUT2D eigenvalue weighted by Crippen LogP contribution is 2.23. The van der Waals surface area contributed by atoms with Crippen LogP contribution in [0.1, 0.15) is 29.9 Å². The Kier molecular flexibility index (Phi) is 5.30. The molecule has 1 aliphatic heterocycles. The SMILES string of the molecule is Cc1cc(CN2CCCC(C(=O)Nc3cccc(-n4cccn4)c3)C2)oc1C. The molecule has 1 atom stereocenters. The smallest absolute Gasteiger partial charge is 0.228 e. The number of nitrogens with one attached hydrogen (secondary N) is 1. The van der Waals surface area contributed by atoms with Crippen LogP contribution in [0.25, 0.3) is 5.69 Å². The number of nitrogens with zero attached hydrogens (tertiary/aromatic N) is 3. The number of piperidine rings is 1. The van der Waals surface area contributed by atoms with Gasteiger partial charge in [-0.25, -0.2) is 4.68 Å². The Balaban J connectivity index is 1.38. The number of carbonyl (C=O) groups excluding carboxylic acids is 1. The van der Waals surface area contributed by atoms with Gasteiger partial charge in [0.1, 0.15) is 11.5 Å². The van der Waals surface area contributed by atoms with Gasteiger partial charge in [-0.2, -0.15) is 5.10 Å². The fourth-order valence-electron chi connectivity index (χ4n) is 3.75. The summed E-state index contributed by atoms with van der Waals surface area (Å²) in [5.74, 6) is 2.01. The highest BCUT2D eigenvalue weighted by atomic mass is 16.3. The molecular weight excluding hydrogens is 352 g/mol. The predicted octanol–water partition coefficient (Wildman–Crippen LogP) is 3.93. The number of amides is 1. The molecule has 0 spiro atoms. The summed E-state index contributed by atoms with van der Waals surface area (Å²) < 4.78 is 7.59. The van der Waals surface area contributed by atoms with Crippen LogP contribution in [0, 0.1) is 19.8 Å². The van der Waals surface area contributed by atoms with Crippen molar-refractivity contribution >= 4 is 11.6 Å². The van der Waals surface area contributed by atoms with Gasteiger partial charge in [0.2, 0.25) is 5.91 Å². The first-order chi connectivity index (χ1) is 13.6. The summed E-state index contributed by atoms with van der Waals surface area (Å²) in [7, 11) is 0. The molecule has 146 valence electrons. The summed E-state index contributed by atoms with van der Waals surface area (Å²) >= 11 is 0. The Labute approximate surface area is 165 Å². The van der Waals surface area contributed by atoms with Crippen LogP contribution in [-0.2, 0) is 11.3 Å². The minimum atomic E-state index is -0.0146. The zero-order valence-corrected chi connectivity index (χ0v) is 16.4. The molecule has 28 heavy (non-hydrogen) atoms. The second kappa shape index (κ2) is 8.02. The van der Waals surface area contributed by atoms with E-state index in [9.17, 15) is 4.79 Å². The van der Waals surface area contributed by atoms with Crippen molar-refractivity contribution in [3.05, 3.63) is 65.9 Å². The third-order valence-corrected chi connectivity index (χ3v) is 5.36. The second-order valence-electron chi connectivity index (χ2n) is 7.52. The maximum Gasteiger partial charge on any atom is 0.228 e. The lowest BCUT2D eigenvalue weighted by atomic mass is 9.97. The van der Waals surface area contributed by atoms with Gasteiger partial charge in [0, 0.05) is 24.6 Å². The highest BCUT2D eigenvalue weighted by molar-refractivity contribution is 5.93. The predicted molar refractivity (Wildman–Crippen MR) is 108 cm³/mol. The van der Waals surface area contributed by atoms with E-state index in [1.54, 1.807) is 10.9 Å². The van der Waals surface area contributed by atoms with Crippen molar-refractivity contribution in [2.24, 2.45) is 5.92 Å². The molecule has 1 N–H and O–H groups in total. The van der Waals surface area contributed by atoms with Crippen molar-refractivity contribution < 1.29 is 9.21 Å². The number of rotatable bonds is 5. The van der Waals surface area contributed by atoms with E-state index in [2.05, 4.69) is 28.3 Å². The fraction of sp³-hybridized carbons (Fsp3) is 0.364. The summed E-state index contributed by atoms with van der Waals surface area (Å²) in [6.45, 7) is 6.56. The van der Waals surface area contributed by atoms with Crippen LogP contribution in [0.2, 0.25) is 0 Å². The number of likely N-dealkylation sites (tertiary alicyclic amines) is 1. The molecule has 0 radical (unpaired) electrons. The van der Waals surface area contributed by atoms with Gasteiger partial charge in [-0.3, -0.25) is 9.69 Å². The Hall–Kier alpha value is -2.86. The zero-order chi connectivity index (χ0) is 19.5. The second-order valence-corrected chi connectivity index (χ2v) is 7.52. The number of hydrogen-bond acceptors (Lipinski definition) is 4. The van der Waals surface area contributed by atoms with Crippen molar-refractivity contribution in [3.63, 3.8) is 0 Å². The van der Waals surface area contributed by atoms with Crippen LogP contribution in [-0.4, -0.2) is 33.7 Å². The Bertz CT molecular complexity index is 926.